The van der Waals surface area contributed by atoms with Crippen molar-refractivity contribution in [2.24, 2.45) is 0 Å². The first-order valence-corrected chi connectivity index (χ1v) is 13.2. The van der Waals surface area contributed by atoms with Crippen LogP contribution < -0.4 is 10.2 Å². The van der Waals surface area contributed by atoms with Gasteiger partial charge < -0.3 is 15.1 Å². The summed E-state index contributed by atoms with van der Waals surface area (Å²) in [4.78, 5) is 32.2. The highest BCUT2D eigenvalue weighted by Crippen LogP contribution is 2.39. The molecular weight excluding hydrogens is 444 g/mol. The fourth-order valence-electron chi connectivity index (χ4n) is 4.81. The Hall–Kier alpha value is -2.71. The minimum atomic E-state index is 0.00627. The smallest absolute Gasteiger partial charge is 0.317 e. The van der Waals surface area contributed by atoms with E-state index >= 15 is 0 Å². The van der Waals surface area contributed by atoms with E-state index in [4.69, 9.17) is 9.97 Å². The molecule has 0 spiro atoms. The number of rotatable bonds is 5. The number of carbonyl (C=O) groups excluding carboxylic acids is 1. The number of anilines is 1. The van der Waals surface area contributed by atoms with Crippen molar-refractivity contribution in [3.8, 4) is 0 Å². The van der Waals surface area contributed by atoms with Crippen LogP contribution in [0.1, 0.15) is 48.5 Å². The van der Waals surface area contributed by atoms with Gasteiger partial charge in [0.1, 0.15) is 16.5 Å². The van der Waals surface area contributed by atoms with Crippen LogP contribution in [0, 0.1) is 0 Å². The van der Waals surface area contributed by atoms with Gasteiger partial charge in [0.05, 0.1) is 5.39 Å². The van der Waals surface area contributed by atoms with Gasteiger partial charge in [-0.2, -0.15) is 0 Å². The number of aromatic nitrogens is 2. The lowest BCUT2D eigenvalue weighted by molar-refractivity contribution is 0.194. The summed E-state index contributed by atoms with van der Waals surface area (Å²) in [6.07, 6.45) is 1.06. The quantitative estimate of drug-likeness (QED) is 0.595. The first kappa shape index (κ1) is 23.1. The SMILES string of the molecule is CCN1CCc2c(sc3nc(C(C)C)nc(N4CCN(C(=O)NCc5ccccc5)CC4)c23)C1. The van der Waals surface area contributed by atoms with Crippen LogP contribution in [0.3, 0.4) is 0 Å². The van der Waals surface area contributed by atoms with Crippen molar-refractivity contribution in [1.82, 2.24) is 25.1 Å². The predicted molar refractivity (Wildman–Crippen MR) is 139 cm³/mol. The number of hydrogen-bond acceptors (Lipinski definition) is 6. The van der Waals surface area contributed by atoms with Gasteiger partial charge >= 0.3 is 6.03 Å². The van der Waals surface area contributed by atoms with Gasteiger partial charge in [0.2, 0.25) is 0 Å². The first-order chi connectivity index (χ1) is 16.5. The van der Waals surface area contributed by atoms with Crippen LogP contribution >= 0.6 is 11.3 Å². The standard InChI is InChI=1S/C26H34N6OS/c1-4-30-11-10-20-21(17-30)34-25-22(20)24(28-23(29-25)18(2)3)31-12-14-32(15-13-31)26(33)27-16-19-8-6-5-7-9-19/h5-9,18H,4,10-17H2,1-3H3,(H,27,33). The predicted octanol–water partition coefficient (Wildman–Crippen LogP) is 4.22. The number of nitrogens with zero attached hydrogens (tertiary/aromatic N) is 5. The third-order valence-electron chi connectivity index (χ3n) is 6.89. The Balaban J connectivity index is 1.34. The third kappa shape index (κ3) is 4.61. The lowest BCUT2D eigenvalue weighted by atomic mass is 10.0. The molecule has 1 aromatic carbocycles. The maximum Gasteiger partial charge on any atom is 0.317 e. The summed E-state index contributed by atoms with van der Waals surface area (Å²) in [5.74, 6) is 2.26. The van der Waals surface area contributed by atoms with E-state index in [-0.39, 0.29) is 11.9 Å². The number of likely N-dealkylation sites (N-methyl/N-ethyl adjacent to an activating group) is 1. The number of thiophene rings is 1. The highest BCUT2D eigenvalue weighted by atomic mass is 32.1. The van der Waals surface area contributed by atoms with Crippen LogP contribution in [-0.4, -0.2) is 65.1 Å². The summed E-state index contributed by atoms with van der Waals surface area (Å²) in [5.41, 5.74) is 2.56. The Morgan fingerprint density at radius 3 is 2.56 bits per heavy atom. The van der Waals surface area contributed by atoms with Crippen LogP contribution in [0.2, 0.25) is 0 Å². The molecule has 1 fully saturated rings. The molecule has 4 heterocycles. The average molecular weight is 479 g/mol. The molecule has 0 saturated carbocycles. The molecule has 34 heavy (non-hydrogen) atoms. The van der Waals surface area contributed by atoms with E-state index in [0.29, 0.717) is 19.6 Å². The van der Waals surface area contributed by atoms with Crippen LogP contribution in [-0.2, 0) is 19.5 Å². The van der Waals surface area contributed by atoms with E-state index in [9.17, 15) is 4.79 Å². The fraction of sp³-hybridized carbons (Fsp3) is 0.500. The van der Waals surface area contributed by atoms with Crippen LogP contribution in [0.5, 0.6) is 0 Å². The molecule has 0 unspecified atom stereocenters. The van der Waals surface area contributed by atoms with Crippen molar-refractivity contribution in [2.45, 2.75) is 46.2 Å². The number of nitrogens with one attached hydrogen (secondary N) is 1. The highest BCUT2D eigenvalue weighted by Gasteiger charge is 2.29. The Bertz CT molecular complexity index is 1150. The molecule has 0 atom stereocenters. The average Bonchev–Trinajstić information content (AvgIpc) is 3.25. The topological polar surface area (TPSA) is 64.6 Å². The van der Waals surface area contributed by atoms with Crippen LogP contribution in [0.4, 0.5) is 10.6 Å². The maximum atomic E-state index is 12.7. The molecule has 180 valence electrons. The van der Waals surface area contributed by atoms with E-state index in [1.165, 1.54) is 15.8 Å². The molecule has 0 radical (unpaired) electrons. The van der Waals surface area contributed by atoms with E-state index in [1.807, 2.05) is 46.6 Å². The second-order valence-corrected chi connectivity index (χ2v) is 10.6. The number of piperazine rings is 1. The molecule has 8 heteroatoms. The molecule has 2 amide bonds. The van der Waals surface area contributed by atoms with Crippen molar-refractivity contribution in [3.05, 3.63) is 52.2 Å². The molecule has 0 bridgehead atoms. The molecule has 7 nitrogen and oxygen atoms in total. The molecule has 2 aliphatic heterocycles. The number of urea groups is 1. The third-order valence-corrected chi connectivity index (χ3v) is 8.00. The van der Waals surface area contributed by atoms with Gasteiger partial charge in [-0.15, -0.1) is 11.3 Å². The summed E-state index contributed by atoms with van der Waals surface area (Å²) in [6.45, 7) is 13.3. The van der Waals surface area contributed by atoms with E-state index in [0.717, 1.165) is 61.2 Å². The Morgan fingerprint density at radius 1 is 1.09 bits per heavy atom. The van der Waals surface area contributed by atoms with Gasteiger partial charge in [-0.25, -0.2) is 14.8 Å². The number of hydrogen-bond donors (Lipinski definition) is 1. The molecular formula is C26H34N6OS. The van der Waals surface area contributed by atoms with Gasteiger partial charge in [0, 0.05) is 56.6 Å². The number of amides is 2. The normalized spacial score (nSPS) is 16.8. The van der Waals surface area contributed by atoms with Gasteiger partial charge in [-0.05, 0) is 24.1 Å². The van der Waals surface area contributed by atoms with Gasteiger partial charge in [-0.1, -0.05) is 51.1 Å². The molecule has 2 aromatic heterocycles. The number of benzene rings is 1. The number of carbonyl (C=O) groups is 1. The summed E-state index contributed by atoms with van der Waals surface area (Å²) >= 11 is 1.84. The summed E-state index contributed by atoms with van der Waals surface area (Å²) in [5, 5.41) is 4.32. The van der Waals surface area contributed by atoms with E-state index in [1.54, 1.807) is 0 Å². The van der Waals surface area contributed by atoms with Gasteiger partial charge in [-0.3, -0.25) is 4.90 Å². The lowest BCUT2D eigenvalue weighted by Crippen LogP contribution is -2.52. The Morgan fingerprint density at radius 2 is 1.85 bits per heavy atom. The van der Waals surface area contributed by atoms with E-state index in [2.05, 4.69) is 35.9 Å². The minimum Gasteiger partial charge on any atom is -0.352 e. The summed E-state index contributed by atoms with van der Waals surface area (Å²) in [6, 6.07) is 10.1. The zero-order valence-electron chi connectivity index (χ0n) is 20.4. The maximum absolute atomic E-state index is 12.7. The zero-order valence-corrected chi connectivity index (χ0v) is 21.2. The van der Waals surface area contributed by atoms with Gasteiger partial charge in [0.15, 0.2) is 0 Å². The van der Waals surface area contributed by atoms with Crippen molar-refractivity contribution >= 4 is 33.4 Å². The second kappa shape index (κ2) is 9.88. The summed E-state index contributed by atoms with van der Waals surface area (Å²) in [7, 11) is 0. The van der Waals surface area contributed by atoms with Crippen LogP contribution in [0.25, 0.3) is 10.2 Å². The summed E-state index contributed by atoms with van der Waals surface area (Å²) < 4.78 is 0. The fourth-order valence-corrected chi connectivity index (χ4v) is 6.07. The number of fused-ring (bicyclic) bond motifs is 3. The Labute approximate surface area is 205 Å². The highest BCUT2D eigenvalue weighted by molar-refractivity contribution is 7.19. The molecule has 3 aromatic rings. The monoisotopic (exact) mass is 478 g/mol. The zero-order chi connectivity index (χ0) is 23.7. The lowest BCUT2D eigenvalue weighted by Gasteiger charge is -2.36. The van der Waals surface area contributed by atoms with Crippen LogP contribution in [0.15, 0.2) is 30.3 Å². The largest absolute Gasteiger partial charge is 0.352 e. The van der Waals surface area contributed by atoms with Crippen molar-refractivity contribution in [1.29, 1.82) is 0 Å². The minimum absolute atomic E-state index is 0.00627. The molecule has 2 aliphatic rings. The van der Waals surface area contributed by atoms with Gasteiger partial charge in [0.25, 0.3) is 0 Å². The van der Waals surface area contributed by atoms with Crippen molar-refractivity contribution in [2.75, 3.05) is 44.2 Å². The Kier molecular flexibility index (Phi) is 6.70. The molecule has 1 saturated heterocycles. The molecule has 5 rings (SSSR count). The van der Waals surface area contributed by atoms with E-state index < -0.39 is 0 Å². The van der Waals surface area contributed by atoms with Crippen molar-refractivity contribution < 1.29 is 4.79 Å². The molecule has 0 aliphatic carbocycles. The molecule has 1 N–H and O–H groups in total. The van der Waals surface area contributed by atoms with Crippen molar-refractivity contribution in [3.63, 3.8) is 0 Å². The second-order valence-electron chi connectivity index (χ2n) is 9.48. The first-order valence-electron chi connectivity index (χ1n) is 12.4.